The molecule has 3 nitrogen and oxygen atoms in total. The van der Waals surface area contributed by atoms with Crippen LogP contribution in [-0.4, -0.2) is 11.7 Å². The van der Waals surface area contributed by atoms with E-state index in [9.17, 15) is 9.59 Å². The van der Waals surface area contributed by atoms with Gasteiger partial charge in [-0.2, -0.15) is 0 Å². The van der Waals surface area contributed by atoms with Crippen LogP contribution in [0.2, 0.25) is 0 Å². The molecule has 8 atom stereocenters. The molecule has 3 heteroatoms. The number of Topliss-reactive ketones (excluding diaryl/α,β-unsaturated/α-hetero) is 1. The lowest BCUT2D eigenvalue weighted by Gasteiger charge is -2.60. The Balaban J connectivity index is 1.52. The molecule has 27 heavy (non-hydrogen) atoms. The third kappa shape index (κ3) is 3.08. The molecule has 0 aliphatic heterocycles. The molecule has 0 aromatic rings. The molecule has 0 radical (unpaired) electrons. The number of carbonyl (C=O) groups excluding carboxylic acids is 2. The maximum Gasteiger partial charge on any atom is 0.217 e. The Hall–Kier alpha value is -0.860. The number of amides is 1. The van der Waals surface area contributed by atoms with Crippen molar-refractivity contribution in [2.24, 2.45) is 52.1 Å². The minimum Gasteiger partial charge on any atom is -0.370 e. The zero-order chi connectivity index (χ0) is 19.4. The third-order valence-corrected chi connectivity index (χ3v) is 10.1. The molecule has 4 fully saturated rings. The molecule has 0 bridgehead atoms. The minimum atomic E-state index is -0.150. The minimum absolute atomic E-state index is 0.150. The lowest BCUT2D eigenvalue weighted by Crippen LogP contribution is -2.53. The van der Waals surface area contributed by atoms with Gasteiger partial charge in [0.1, 0.15) is 5.78 Å². The fraction of sp³-hybridized carbons (Fsp3) is 0.917. The maximum atomic E-state index is 12.0. The van der Waals surface area contributed by atoms with E-state index >= 15 is 0 Å². The number of hydrogen-bond donors (Lipinski definition) is 1. The number of carbonyl (C=O) groups is 2. The monoisotopic (exact) mass is 373 g/mol. The first-order valence-electron chi connectivity index (χ1n) is 11.6. The summed E-state index contributed by atoms with van der Waals surface area (Å²) < 4.78 is 0. The highest BCUT2D eigenvalue weighted by Gasteiger charge is 2.60. The second-order valence-corrected chi connectivity index (χ2v) is 11.1. The number of ketones is 1. The van der Waals surface area contributed by atoms with Gasteiger partial charge in [0, 0.05) is 19.3 Å². The fourth-order valence-corrected chi connectivity index (χ4v) is 8.59. The van der Waals surface area contributed by atoms with Crippen molar-refractivity contribution < 1.29 is 9.59 Å². The van der Waals surface area contributed by atoms with Gasteiger partial charge in [0.25, 0.3) is 0 Å². The molecule has 4 aliphatic rings. The van der Waals surface area contributed by atoms with Gasteiger partial charge in [0.2, 0.25) is 5.91 Å². The van der Waals surface area contributed by atoms with E-state index in [1.54, 1.807) is 0 Å². The summed E-state index contributed by atoms with van der Waals surface area (Å²) in [5.41, 5.74) is 6.28. The number of nitrogens with two attached hydrogens (primary N) is 1. The Morgan fingerprint density at radius 1 is 1.07 bits per heavy atom. The predicted molar refractivity (Wildman–Crippen MR) is 108 cm³/mol. The first-order chi connectivity index (χ1) is 12.8. The van der Waals surface area contributed by atoms with Gasteiger partial charge in [-0.3, -0.25) is 9.59 Å². The van der Waals surface area contributed by atoms with Crippen molar-refractivity contribution in [3.05, 3.63) is 0 Å². The van der Waals surface area contributed by atoms with E-state index in [0.717, 1.165) is 49.4 Å². The summed E-state index contributed by atoms with van der Waals surface area (Å²) in [6.07, 6.45) is 12.4. The summed E-state index contributed by atoms with van der Waals surface area (Å²) >= 11 is 0. The molecule has 1 amide bonds. The van der Waals surface area contributed by atoms with Crippen LogP contribution in [0.1, 0.15) is 91.4 Å². The maximum absolute atomic E-state index is 12.0. The lowest BCUT2D eigenvalue weighted by molar-refractivity contribution is -0.140. The van der Waals surface area contributed by atoms with Gasteiger partial charge in [-0.15, -0.1) is 0 Å². The fourth-order valence-electron chi connectivity index (χ4n) is 8.59. The Morgan fingerprint density at radius 3 is 2.56 bits per heavy atom. The van der Waals surface area contributed by atoms with E-state index in [1.165, 1.54) is 38.5 Å². The predicted octanol–water partition coefficient (Wildman–Crippen LogP) is 5.12. The standard InChI is InChI=1S/C24H39NO2/c1-15(4-9-22(25)27)19-7-8-20-18-6-5-16-14-17(26)10-12-23(16,2)21(18)11-13-24(19,20)3/h15-16,18-21H,4-14H2,1-3H3,(H2,25,27)/t15-,16-,18+,19-,20+,21+,23+,24-/m1/s1. The number of fused-ring (bicyclic) bond motifs is 5. The topological polar surface area (TPSA) is 60.2 Å². The average molecular weight is 374 g/mol. The molecule has 4 saturated carbocycles. The van der Waals surface area contributed by atoms with E-state index in [1.807, 2.05) is 0 Å². The Labute approximate surface area is 165 Å². The first kappa shape index (κ1) is 19.5. The number of hydrogen-bond acceptors (Lipinski definition) is 2. The van der Waals surface area contributed by atoms with Crippen molar-refractivity contribution >= 4 is 11.7 Å². The highest BCUT2D eigenvalue weighted by atomic mass is 16.1. The summed E-state index contributed by atoms with van der Waals surface area (Å²) in [5, 5.41) is 0. The van der Waals surface area contributed by atoms with Gasteiger partial charge in [0.05, 0.1) is 0 Å². The molecule has 0 spiro atoms. The van der Waals surface area contributed by atoms with Crippen LogP contribution >= 0.6 is 0 Å². The van der Waals surface area contributed by atoms with Crippen LogP contribution in [0.4, 0.5) is 0 Å². The molecular weight excluding hydrogens is 334 g/mol. The average Bonchev–Trinajstić information content (AvgIpc) is 2.97. The second-order valence-electron chi connectivity index (χ2n) is 11.1. The molecule has 2 N–H and O–H groups in total. The van der Waals surface area contributed by atoms with Crippen LogP contribution < -0.4 is 5.73 Å². The molecule has 0 saturated heterocycles. The highest BCUT2D eigenvalue weighted by Crippen LogP contribution is 2.68. The van der Waals surface area contributed by atoms with Gasteiger partial charge in [-0.1, -0.05) is 20.8 Å². The summed E-state index contributed by atoms with van der Waals surface area (Å²) in [6.45, 7) is 7.47. The summed E-state index contributed by atoms with van der Waals surface area (Å²) in [7, 11) is 0. The van der Waals surface area contributed by atoms with Crippen LogP contribution in [0.5, 0.6) is 0 Å². The van der Waals surface area contributed by atoms with Gasteiger partial charge < -0.3 is 5.73 Å². The molecule has 0 unspecified atom stereocenters. The zero-order valence-corrected chi connectivity index (χ0v) is 17.6. The third-order valence-electron chi connectivity index (χ3n) is 10.1. The molecule has 0 aromatic heterocycles. The smallest absolute Gasteiger partial charge is 0.217 e. The molecular formula is C24H39NO2. The van der Waals surface area contributed by atoms with Crippen LogP contribution in [0, 0.1) is 46.3 Å². The van der Waals surface area contributed by atoms with Gasteiger partial charge in [-0.25, -0.2) is 0 Å². The van der Waals surface area contributed by atoms with Crippen molar-refractivity contribution in [1.82, 2.24) is 0 Å². The van der Waals surface area contributed by atoms with Crippen molar-refractivity contribution in [2.45, 2.75) is 91.4 Å². The van der Waals surface area contributed by atoms with Crippen LogP contribution in [0.15, 0.2) is 0 Å². The molecule has 4 aliphatic carbocycles. The van der Waals surface area contributed by atoms with Crippen LogP contribution in [0.25, 0.3) is 0 Å². The Morgan fingerprint density at radius 2 is 1.81 bits per heavy atom. The summed E-state index contributed by atoms with van der Waals surface area (Å²) in [6, 6.07) is 0. The van der Waals surface area contributed by atoms with Crippen molar-refractivity contribution in [3.8, 4) is 0 Å². The first-order valence-corrected chi connectivity index (χ1v) is 11.6. The summed E-state index contributed by atoms with van der Waals surface area (Å²) in [4.78, 5) is 23.3. The largest absolute Gasteiger partial charge is 0.370 e. The van der Waals surface area contributed by atoms with E-state index in [2.05, 4.69) is 20.8 Å². The van der Waals surface area contributed by atoms with Crippen molar-refractivity contribution in [2.75, 3.05) is 0 Å². The molecule has 152 valence electrons. The Bertz CT molecular complexity index is 616. The van der Waals surface area contributed by atoms with Gasteiger partial charge in [-0.05, 0) is 97.7 Å². The normalized spacial score (nSPS) is 47.7. The Kier molecular flexibility index (Phi) is 4.96. The van der Waals surface area contributed by atoms with E-state index in [-0.39, 0.29) is 5.91 Å². The van der Waals surface area contributed by atoms with Crippen molar-refractivity contribution in [3.63, 3.8) is 0 Å². The molecule has 4 rings (SSSR count). The van der Waals surface area contributed by atoms with Crippen LogP contribution in [-0.2, 0) is 9.59 Å². The quantitative estimate of drug-likeness (QED) is 0.744. The second kappa shape index (κ2) is 6.88. The van der Waals surface area contributed by atoms with E-state index < -0.39 is 0 Å². The lowest BCUT2D eigenvalue weighted by atomic mass is 9.44. The highest BCUT2D eigenvalue weighted by molar-refractivity contribution is 5.79. The molecule has 0 aromatic carbocycles. The number of primary amides is 1. The van der Waals surface area contributed by atoms with Crippen molar-refractivity contribution in [1.29, 1.82) is 0 Å². The van der Waals surface area contributed by atoms with Gasteiger partial charge >= 0.3 is 0 Å². The van der Waals surface area contributed by atoms with Crippen LogP contribution in [0.3, 0.4) is 0 Å². The SMILES string of the molecule is C[C@H](CCC(N)=O)[C@H]1CC[C@H]2[C@@H]3CC[C@@H]4CC(=O)CC[C@]4(C)[C@H]3CC[C@]12C. The van der Waals surface area contributed by atoms with E-state index in [0.29, 0.717) is 34.9 Å². The molecule has 0 heterocycles. The zero-order valence-electron chi connectivity index (χ0n) is 17.6. The van der Waals surface area contributed by atoms with Gasteiger partial charge in [0.15, 0.2) is 0 Å². The summed E-state index contributed by atoms with van der Waals surface area (Å²) in [5.74, 6) is 4.92. The number of rotatable bonds is 4. The van der Waals surface area contributed by atoms with E-state index in [4.69, 9.17) is 5.73 Å².